The van der Waals surface area contributed by atoms with E-state index in [0.29, 0.717) is 13.2 Å². The summed E-state index contributed by atoms with van der Waals surface area (Å²) < 4.78 is 10.7. The van der Waals surface area contributed by atoms with E-state index in [4.69, 9.17) is 9.47 Å². The Labute approximate surface area is 141 Å². The first-order valence-electron chi connectivity index (χ1n) is 8.01. The van der Waals surface area contributed by atoms with Gasteiger partial charge in [0, 0.05) is 6.54 Å². The molecule has 1 aliphatic heterocycles. The van der Waals surface area contributed by atoms with Gasteiger partial charge in [-0.2, -0.15) is 0 Å². The molecule has 5 heteroatoms. The second-order valence-electron chi connectivity index (χ2n) is 5.83. The van der Waals surface area contributed by atoms with Crippen LogP contribution >= 0.6 is 0 Å². The van der Waals surface area contributed by atoms with Crippen molar-refractivity contribution in [3.63, 3.8) is 0 Å². The van der Waals surface area contributed by atoms with Gasteiger partial charge in [-0.05, 0) is 11.1 Å². The molecular formula is C19H21NO4. The third-order valence-corrected chi connectivity index (χ3v) is 4.05. The molecule has 126 valence electrons. The second kappa shape index (κ2) is 7.95. The van der Waals surface area contributed by atoms with Crippen LogP contribution in [0.4, 0.5) is 4.79 Å². The van der Waals surface area contributed by atoms with Crippen molar-refractivity contribution in [1.29, 1.82) is 0 Å². The van der Waals surface area contributed by atoms with E-state index in [0.717, 1.165) is 11.1 Å². The predicted octanol–water partition coefficient (Wildman–Crippen LogP) is 2.59. The number of amides is 1. The van der Waals surface area contributed by atoms with Crippen LogP contribution in [0.2, 0.25) is 0 Å². The average molecular weight is 327 g/mol. The molecule has 0 bridgehead atoms. The van der Waals surface area contributed by atoms with Crippen molar-refractivity contribution in [2.45, 2.75) is 25.3 Å². The van der Waals surface area contributed by atoms with E-state index in [2.05, 4.69) is 0 Å². The van der Waals surface area contributed by atoms with Crippen LogP contribution in [0.15, 0.2) is 60.7 Å². The molecule has 1 saturated heterocycles. The first-order valence-corrected chi connectivity index (χ1v) is 8.01. The Kier molecular flexibility index (Phi) is 5.46. The maximum Gasteiger partial charge on any atom is 0.410 e. The Morgan fingerprint density at radius 3 is 2.38 bits per heavy atom. The molecule has 2 aromatic rings. The first-order chi connectivity index (χ1) is 11.7. The van der Waals surface area contributed by atoms with Gasteiger partial charge in [-0.3, -0.25) is 4.90 Å². The molecular weight excluding hydrogens is 306 g/mol. The minimum absolute atomic E-state index is 0.154. The summed E-state index contributed by atoms with van der Waals surface area (Å²) >= 11 is 0. The van der Waals surface area contributed by atoms with Crippen LogP contribution in [0, 0.1) is 0 Å². The molecule has 3 rings (SSSR count). The molecule has 2 atom stereocenters. The van der Waals surface area contributed by atoms with Gasteiger partial charge in [-0.25, -0.2) is 4.79 Å². The summed E-state index contributed by atoms with van der Waals surface area (Å²) in [6, 6.07) is 19.0. The van der Waals surface area contributed by atoms with Crippen molar-refractivity contribution in [3.05, 3.63) is 71.8 Å². The normalized spacial score (nSPS) is 18.5. The van der Waals surface area contributed by atoms with Gasteiger partial charge in [0.1, 0.15) is 12.7 Å². The molecule has 1 heterocycles. The minimum Gasteiger partial charge on any atom is -0.447 e. The molecule has 24 heavy (non-hydrogen) atoms. The number of hydrogen-bond acceptors (Lipinski definition) is 4. The lowest BCUT2D eigenvalue weighted by molar-refractivity contribution is -0.00751. The maximum absolute atomic E-state index is 11.9. The Morgan fingerprint density at radius 1 is 1.08 bits per heavy atom. The fourth-order valence-corrected chi connectivity index (χ4v) is 2.73. The molecule has 2 aromatic carbocycles. The number of ether oxygens (including phenoxy) is 2. The van der Waals surface area contributed by atoms with E-state index < -0.39 is 18.2 Å². The minimum atomic E-state index is -0.788. The van der Waals surface area contributed by atoms with E-state index >= 15 is 0 Å². The van der Waals surface area contributed by atoms with E-state index in [1.54, 1.807) is 4.90 Å². The lowest BCUT2D eigenvalue weighted by Gasteiger charge is -2.25. The zero-order valence-corrected chi connectivity index (χ0v) is 13.4. The van der Waals surface area contributed by atoms with Crippen LogP contribution in [-0.2, 0) is 22.6 Å². The smallest absolute Gasteiger partial charge is 0.410 e. The zero-order chi connectivity index (χ0) is 16.8. The molecule has 0 spiro atoms. The van der Waals surface area contributed by atoms with E-state index in [-0.39, 0.29) is 13.2 Å². The molecule has 0 aromatic heterocycles. The highest BCUT2D eigenvalue weighted by Gasteiger charge is 2.37. The lowest BCUT2D eigenvalue weighted by atomic mass is 10.1. The molecule has 1 amide bonds. The van der Waals surface area contributed by atoms with Crippen molar-refractivity contribution in [2.24, 2.45) is 0 Å². The summed E-state index contributed by atoms with van der Waals surface area (Å²) in [5.41, 5.74) is 2.04. The van der Waals surface area contributed by atoms with Crippen molar-refractivity contribution in [2.75, 3.05) is 13.2 Å². The number of aliphatic hydroxyl groups excluding tert-OH is 1. The number of cyclic esters (lactones) is 1. The van der Waals surface area contributed by atoms with Gasteiger partial charge in [0.25, 0.3) is 0 Å². The van der Waals surface area contributed by atoms with Gasteiger partial charge in [0.05, 0.1) is 19.3 Å². The molecule has 0 radical (unpaired) electrons. The van der Waals surface area contributed by atoms with Gasteiger partial charge in [0.15, 0.2) is 0 Å². The fourth-order valence-electron chi connectivity index (χ4n) is 2.73. The standard InChI is InChI=1S/C19H21NO4/c21-18(14-23-12-16-9-5-2-6-10-16)17-13-24-19(22)20(17)11-15-7-3-1-4-8-15/h1-10,17-18,21H,11-14H2/t17-,18+/m0/s1. The van der Waals surface area contributed by atoms with Crippen LogP contribution in [0.25, 0.3) is 0 Å². The van der Waals surface area contributed by atoms with Gasteiger partial charge in [0.2, 0.25) is 0 Å². The van der Waals surface area contributed by atoms with Gasteiger partial charge in [-0.1, -0.05) is 60.7 Å². The van der Waals surface area contributed by atoms with Crippen LogP contribution in [0.3, 0.4) is 0 Å². The summed E-state index contributed by atoms with van der Waals surface area (Å²) in [6.45, 7) is 1.18. The number of aliphatic hydroxyl groups is 1. The largest absolute Gasteiger partial charge is 0.447 e. The lowest BCUT2D eigenvalue weighted by Crippen LogP contribution is -2.43. The third-order valence-electron chi connectivity index (χ3n) is 4.05. The average Bonchev–Trinajstić information content (AvgIpc) is 2.97. The van der Waals surface area contributed by atoms with Crippen LogP contribution in [-0.4, -0.2) is 41.5 Å². The van der Waals surface area contributed by atoms with E-state index in [1.807, 2.05) is 60.7 Å². The summed E-state index contributed by atoms with van der Waals surface area (Å²) in [5, 5.41) is 10.4. The monoisotopic (exact) mass is 327 g/mol. The first kappa shape index (κ1) is 16.5. The van der Waals surface area contributed by atoms with Crippen molar-refractivity contribution < 1.29 is 19.4 Å². The summed E-state index contributed by atoms with van der Waals surface area (Å²) in [4.78, 5) is 13.5. The Bertz CT molecular complexity index is 647. The number of benzene rings is 2. The highest BCUT2D eigenvalue weighted by atomic mass is 16.6. The fraction of sp³-hybridized carbons (Fsp3) is 0.316. The van der Waals surface area contributed by atoms with E-state index in [1.165, 1.54) is 0 Å². The maximum atomic E-state index is 11.9. The molecule has 0 saturated carbocycles. The Morgan fingerprint density at radius 2 is 1.71 bits per heavy atom. The molecule has 0 aliphatic carbocycles. The summed E-state index contributed by atoms with van der Waals surface area (Å²) in [6.07, 6.45) is -1.19. The van der Waals surface area contributed by atoms with Crippen LogP contribution in [0.5, 0.6) is 0 Å². The molecule has 0 unspecified atom stereocenters. The number of nitrogens with zero attached hydrogens (tertiary/aromatic N) is 1. The number of rotatable bonds is 7. The predicted molar refractivity (Wildman–Crippen MR) is 89.2 cm³/mol. The second-order valence-corrected chi connectivity index (χ2v) is 5.83. The molecule has 5 nitrogen and oxygen atoms in total. The quantitative estimate of drug-likeness (QED) is 0.849. The van der Waals surface area contributed by atoms with Crippen molar-refractivity contribution in [3.8, 4) is 0 Å². The number of carbonyl (C=O) groups excluding carboxylic acids is 1. The SMILES string of the molecule is O=C1OC[C@@H]([C@H](O)COCc2ccccc2)N1Cc1ccccc1. The van der Waals surface area contributed by atoms with Gasteiger partial charge in [-0.15, -0.1) is 0 Å². The van der Waals surface area contributed by atoms with Crippen LogP contribution in [0.1, 0.15) is 11.1 Å². The highest BCUT2D eigenvalue weighted by Crippen LogP contribution is 2.19. The van der Waals surface area contributed by atoms with E-state index in [9.17, 15) is 9.90 Å². The molecule has 1 fully saturated rings. The van der Waals surface area contributed by atoms with Crippen molar-refractivity contribution >= 4 is 6.09 Å². The Hall–Kier alpha value is -2.37. The topological polar surface area (TPSA) is 59.0 Å². The summed E-state index contributed by atoms with van der Waals surface area (Å²) in [5.74, 6) is 0. The van der Waals surface area contributed by atoms with Gasteiger partial charge >= 0.3 is 6.09 Å². The third kappa shape index (κ3) is 4.13. The summed E-state index contributed by atoms with van der Waals surface area (Å²) in [7, 11) is 0. The Balaban J connectivity index is 1.54. The van der Waals surface area contributed by atoms with Crippen molar-refractivity contribution in [1.82, 2.24) is 4.90 Å². The number of hydrogen-bond donors (Lipinski definition) is 1. The van der Waals surface area contributed by atoms with Gasteiger partial charge < -0.3 is 14.6 Å². The molecule has 1 aliphatic rings. The highest BCUT2D eigenvalue weighted by molar-refractivity contribution is 5.70. The van der Waals surface area contributed by atoms with Crippen LogP contribution < -0.4 is 0 Å². The number of carbonyl (C=O) groups is 1. The molecule has 1 N–H and O–H groups in total. The zero-order valence-electron chi connectivity index (χ0n) is 13.4.